The van der Waals surface area contributed by atoms with E-state index in [-0.39, 0.29) is 16.8 Å². The number of halogens is 2. The van der Waals surface area contributed by atoms with Gasteiger partial charge in [0.25, 0.3) is 0 Å². The summed E-state index contributed by atoms with van der Waals surface area (Å²) in [5.74, 6) is 0.895. The quantitative estimate of drug-likeness (QED) is 0.0817. The molecule has 3 aromatic carbocycles. The third-order valence-corrected chi connectivity index (χ3v) is 9.15. The Morgan fingerprint density at radius 2 is 1.80 bits per heavy atom. The number of methoxy groups -OCH3 is 1. The van der Waals surface area contributed by atoms with Gasteiger partial charge in [-0.3, -0.25) is 4.79 Å². The zero-order chi connectivity index (χ0) is 35.5. The molecule has 50 heavy (non-hydrogen) atoms. The molecule has 1 aromatic heterocycles. The van der Waals surface area contributed by atoms with E-state index < -0.39 is 11.8 Å². The lowest BCUT2D eigenvalue weighted by molar-refractivity contribution is -0.947. The van der Waals surface area contributed by atoms with Gasteiger partial charge in [-0.05, 0) is 49.2 Å². The predicted octanol–water partition coefficient (Wildman–Crippen LogP) is 6.01. The maximum Gasteiger partial charge on any atom is 0.312 e. The third kappa shape index (κ3) is 9.93. The van der Waals surface area contributed by atoms with Crippen LogP contribution in [0.25, 0.3) is 10.9 Å². The highest BCUT2D eigenvalue weighted by Crippen LogP contribution is 2.35. The molecule has 266 valence electrons. The van der Waals surface area contributed by atoms with E-state index in [0.29, 0.717) is 73.1 Å². The number of nitrogens with zero attached hydrogens (tertiary/aromatic N) is 3. The van der Waals surface area contributed by atoms with Gasteiger partial charge in [-0.1, -0.05) is 30.7 Å². The van der Waals surface area contributed by atoms with E-state index in [1.54, 1.807) is 13.2 Å². The molecule has 0 bridgehead atoms. The monoisotopic (exact) mass is 708 g/mol. The van der Waals surface area contributed by atoms with Crippen molar-refractivity contribution in [1.82, 2.24) is 15.3 Å². The van der Waals surface area contributed by atoms with Crippen molar-refractivity contribution in [3.05, 3.63) is 77.3 Å². The summed E-state index contributed by atoms with van der Waals surface area (Å²) in [5.41, 5.74) is 8.27. The number of morpholine rings is 1. The number of aromatic nitrogens is 2. The molecule has 0 saturated carbocycles. The van der Waals surface area contributed by atoms with Gasteiger partial charge in [0.1, 0.15) is 37.6 Å². The molecule has 12 nitrogen and oxygen atoms in total. The molecule has 1 aliphatic heterocycles. The molecule has 0 radical (unpaired) electrons. The fraction of sp³-hybridized carbons (Fsp3) is 0.389. The number of rotatable bonds is 16. The standard InChI is InChI=1S/C36H43ClFN7O5/c1-24(5-3-12-40-36(39)47)35(46)44-26-8-6-25(7-9-26)22-45(14-17-49-18-15-45)13-4-16-50-33-20-28-31(21-32(33)48-2)41-23-42-34(28)43-27-10-11-30(38)29(37)19-27/h6-11,19-21,23-24H,3-5,12-18,22H2,1-2H3,(H4-,39,40,41,42,43,44,46,47)/p+1/t24-/m0/s1. The lowest BCUT2D eigenvalue weighted by Gasteiger charge is -2.41. The predicted molar refractivity (Wildman–Crippen MR) is 191 cm³/mol. The number of amides is 3. The second-order valence-corrected chi connectivity index (χ2v) is 12.9. The highest BCUT2D eigenvalue weighted by Gasteiger charge is 2.30. The maximum atomic E-state index is 13.7. The van der Waals surface area contributed by atoms with Crippen LogP contribution in [0.1, 0.15) is 31.7 Å². The highest BCUT2D eigenvalue weighted by molar-refractivity contribution is 6.31. The van der Waals surface area contributed by atoms with Crippen LogP contribution in [0.15, 0.2) is 60.9 Å². The molecule has 5 rings (SSSR count). The van der Waals surface area contributed by atoms with Crippen LogP contribution in [-0.2, 0) is 16.1 Å². The van der Waals surface area contributed by atoms with Crippen LogP contribution in [0.3, 0.4) is 0 Å². The Labute approximate surface area is 296 Å². The van der Waals surface area contributed by atoms with E-state index in [2.05, 4.69) is 38.1 Å². The Bertz CT molecular complexity index is 1770. The summed E-state index contributed by atoms with van der Waals surface area (Å²) in [6, 6.07) is 15.5. The fourth-order valence-electron chi connectivity index (χ4n) is 6.02. The van der Waals surface area contributed by atoms with E-state index >= 15 is 0 Å². The number of nitrogens with two attached hydrogens (primary N) is 1. The van der Waals surface area contributed by atoms with E-state index in [9.17, 15) is 14.0 Å². The van der Waals surface area contributed by atoms with Gasteiger partial charge in [0.15, 0.2) is 11.5 Å². The molecule has 1 atom stereocenters. The molecule has 3 amide bonds. The van der Waals surface area contributed by atoms with Crippen LogP contribution in [0, 0.1) is 11.7 Å². The molecule has 0 unspecified atom stereocenters. The van der Waals surface area contributed by atoms with Gasteiger partial charge in [-0.2, -0.15) is 0 Å². The molecule has 0 spiro atoms. The average molecular weight is 709 g/mol. The summed E-state index contributed by atoms with van der Waals surface area (Å²) in [5, 5.41) is 9.46. The first-order valence-corrected chi connectivity index (χ1v) is 17.1. The van der Waals surface area contributed by atoms with Crippen LogP contribution in [0.4, 0.5) is 26.4 Å². The summed E-state index contributed by atoms with van der Waals surface area (Å²) in [4.78, 5) is 32.3. The molecular weight excluding hydrogens is 665 g/mol. The van der Waals surface area contributed by atoms with Crippen LogP contribution >= 0.6 is 11.6 Å². The molecule has 1 saturated heterocycles. The first-order chi connectivity index (χ1) is 24.1. The van der Waals surface area contributed by atoms with Crippen molar-refractivity contribution in [1.29, 1.82) is 0 Å². The van der Waals surface area contributed by atoms with E-state index in [1.165, 1.54) is 24.0 Å². The summed E-state index contributed by atoms with van der Waals surface area (Å²) in [6.45, 7) is 7.66. The van der Waals surface area contributed by atoms with Gasteiger partial charge in [0.05, 0.1) is 44.0 Å². The average Bonchev–Trinajstić information content (AvgIpc) is 3.11. The van der Waals surface area contributed by atoms with Crippen molar-refractivity contribution in [2.75, 3.05) is 63.7 Å². The van der Waals surface area contributed by atoms with Crippen LogP contribution in [0.5, 0.6) is 11.5 Å². The van der Waals surface area contributed by atoms with E-state index in [4.69, 9.17) is 31.5 Å². The minimum atomic E-state index is -0.561. The second-order valence-electron chi connectivity index (χ2n) is 12.5. The molecule has 0 aliphatic carbocycles. The van der Waals surface area contributed by atoms with Gasteiger partial charge in [-0.25, -0.2) is 19.2 Å². The summed E-state index contributed by atoms with van der Waals surface area (Å²) in [6.07, 6.45) is 3.56. The second kappa shape index (κ2) is 17.3. The molecule has 4 aromatic rings. The first kappa shape index (κ1) is 36.6. The van der Waals surface area contributed by atoms with Crippen LogP contribution in [0.2, 0.25) is 5.02 Å². The molecule has 5 N–H and O–H groups in total. The molecular formula is C36H44ClFN7O5+. The fourth-order valence-corrected chi connectivity index (χ4v) is 6.20. The summed E-state index contributed by atoms with van der Waals surface area (Å²) >= 11 is 5.98. The van der Waals surface area contributed by atoms with E-state index in [0.717, 1.165) is 42.8 Å². The summed E-state index contributed by atoms with van der Waals surface area (Å²) in [7, 11) is 1.59. The van der Waals surface area contributed by atoms with Crippen molar-refractivity contribution in [3.63, 3.8) is 0 Å². The number of anilines is 3. The number of urea groups is 1. The van der Waals surface area contributed by atoms with Gasteiger partial charge in [0, 0.05) is 47.3 Å². The number of ether oxygens (including phenoxy) is 3. The molecule has 2 heterocycles. The normalized spacial score (nSPS) is 14.5. The highest BCUT2D eigenvalue weighted by atomic mass is 35.5. The number of nitrogens with one attached hydrogen (secondary N) is 3. The molecule has 1 aliphatic rings. The number of hydrogen-bond acceptors (Lipinski definition) is 8. The Kier molecular flexibility index (Phi) is 12.6. The van der Waals surface area contributed by atoms with Crippen molar-refractivity contribution >= 4 is 51.6 Å². The minimum Gasteiger partial charge on any atom is -0.493 e. The molecule has 1 fully saturated rings. The smallest absolute Gasteiger partial charge is 0.312 e. The van der Waals surface area contributed by atoms with Crippen LogP contribution < -0.4 is 31.2 Å². The lowest BCUT2D eigenvalue weighted by Crippen LogP contribution is -2.55. The lowest BCUT2D eigenvalue weighted by atomic mass is 10.0. The first-order valence-electron chi connectivity index (χ1n) is 16.7. The van der Waals surface area contributed by atoms with Crippen molar-refractivity contribution in [2.24, 2.45) is 11.7 Å². The maximum absolute atomic E-state index is 13.7. The Hall–Kier alpha value is -4.72. The van der Waals surface area contributed by atoms with Gasteiger partial charge < -0.3 is 40.4 Å². The third-order valence-electron chi connectivity index (χ3n) is 8.86. The number of quaternary nitrogens is 1. The SMILES string of the molecule is COc1cc2ncnc(Nc3ccc(F)c(Cl)c3)c2cc1OCCC[N+]1(Cc2ccc(NC(=O)[C@@H](C)CCCNC(N)=O)cc2)CCOCC1. The number of benzene rings is 3. The Balaban J connectivity index is 1.19. The number of fused-ring (bicyclic) bond motifs is 1. The zero-order valence-electron chi connectivity index (χ0n) is 28.3. The summed E-state index contributed by atoms with van der Waals surface area (Å²) < 4.78 is 32.2. The minimum absolute atomic E-state index is 0.0101. The zero-order valence-corrected chi connectivity index (χ0v) is 29.1. The van der Waals surface area contributed by atoms with E-state index in [1.807, 2.05) is 31.2 Å². The molecule has 14 heteroatoms. The van der Waals surface area contributed by atoms with Gasteiger partial charge >= 0.3 is 6.03 Å². The largest absolute Gasteiger partial charge is 0.493 e. The number of primary amides is 1. The van der Waals surface area contributed by atoms with Crippen molar-refractivity contribution in [2.45, 2.75) is 32.7 Å². The Morgan fingerprint density at radius 1 is 1.04 bits per heavy atom. The van der Waals surface area contributed by atoms with Gasteiger partial charge in [-0.15, -0.1) is 0 Å². The Morgan fingerprint density at radius 3 is 2.52 bits per heavy atom. The van der Waals surface area contributed by atoms with Crippen molar-refractivity contribution < 1.29 is 32.7 Å². The van der Waals surface area contributed by atoms with Gasteiger partial charge in [0.2, 0.25) is 5.91 Å². The number of carbonyl (C=O) groups excluding carboxylic acids is 2. The number of carbonyl (C=O) groups is 2. The number of hydrogen-bond donors (Lipinski definition) is 4. The van der Waals surface area contributed by atoms with Crippen LogP contribution in [-0.4, -0.2) is 79.5 Å². The van der Waals surface area contributed by atoms with Crippen molar-refractivity contribution in [3.8, 4) is 11.5 Å². The topological polar surface area (TPSA) is 150 Å².